The number of aliphatic hydroxyl groups is 1. The highest BCUT2D eigenvalue weighted by Gasteiger charge is 2.32. The van der Waals surface area contributed by atoms with Crippen molar-refractivity contribution in [2.45, 2.75) is 44.1 Å². The average molecular weight is 312 g/mol. The molecule has 4 nitrogen and oxygen atoms in total. The topological polar surface area (TPSA) is 58.6 Å². The molecule has 5 heteroatoms. The van der Waals surface area contributed by atoms with Crippen molar-refractivity contribution in [1.82, 2.24) is 5.32 Å². The third-order valence-corrected chi connectivity index (χ3v) is 4.15. The molecule has 0 spiro atoms. The summed E-state index contributed by atoms with van der Waals surface area (Å²) in [6.45, 7) is 0.307. The van der Waals surface area contributed by atoms with E-state index in [4.69, 9.17) is 16.3 Å². The number of halogens is 1. The lowest BCUT2D eigenvalue weighted by molar-refractivity contribution is -0.124. The Morgan fingerprint density at radius 1 is 1.33 bits per heavy atom. The Kier molecular flexibility index (Phi) is 5.88. The molecule has 0 radical (unpaired) electrons. The lowest BCUT2D eigenvalue weighted by atomic mass is 9.82. The number of aliphatic hydroxyl groups excluding tert-OH is 1. The van der Waals surface area contributed by atoms with Gasteiger partial charge in [-0.2, -0.15) is 0 Å². The molecule has 2 rings (SSSR count). The average Bonchev–Trinajstić information content (AvgIpc) is 2.48. The van der Waals surface area contributed by atoms with E-state index in [2.05, 4.69) is 5.32 Å². The molecule has 0 aromatic heterocycles. The normalized spacial score (nSPS) is 17.2. The van der Waals surface area contributed by atoms with Crippen LogP contribution in [0.15, 0.2) is 24.3 Å². The van der Waals surface area contributed by atoms with Crippen LogP contribution < -0.4 is 10.1 Å². The van der Waals surface area contributed by atoms with E-state index in [9.17, 15) is 9.90 Å². The Bertz CT molecular complexity index is 472. The van der Waals surface area contributed by atoms with Crippen molar-refractivity contribution >= 4 is 17.5 Å². The van der Waals surface area contributed by atoms with Crippen LogP contribution in [0.1, 0.15) is 38.5 Å². The van der Waals surface area contributed by atoms with E-state index in [1.165, 1.54) is 6.42 Å². The lowest BCUT2D eigenvalue weighted by Crippen LogP contribution is -2.52. The summed E-state index contributed by atoms with van der Waals surface area (Å²) < 4.78 is 5.51. The fourth-order valence-electron chi connectivity index (χ4n) is 2.73. The maximum absolute atomic E-state index is 12.0. The maximum atomic E-state index is 12.0. The van der Waals surface area contributed by atoms with Crippen molar-refractivity contribution in [1.29, 1.82) is 0 Å². The first kappa shape index (κ1) is 16.1. The highest BCUT2D eigenvalue weighted by Crippen LogP contribution is 2.27. The van der Waals surface area contributed by atoms with E-state index in [-0.39, 0.29) is 18.9 Å². The number of benzene rings is 1. The number of nitrogens with one attached hydrogen (secondary N) is 1. The van der Waals surface area contributed by atoms with E-state index >= 15 is 0 Å². The number of rotatable bonds is 6. The second kappa shape index (κ2) is 7.66. The van der Waals surface area contributed by atoms with E-state index in [0.29, 0.717) is 17.4 Å². The van der Waals surface area contributed by atoms with Gasteiger partial charge in [0.2, 0.25) is 5.91 Å². The quantitative estimate of drug-likeness (QED) is 0.849. The zero-order chi connectivity index (χ0) is 15.1. The van der Waals surface area contributed by atoms with Gasteiger partial charge in [0.15, 0.2) is 0 Å². The monoisotopic (exact) mass is 311 g/mol. The smallest absolute Gasteiger partial charge is 0.223 e. The molecule has 0 heterocycles. The van der Waals surface area contributed by atoms with Gasteiger partial charge in [-0.05, 0) is 31.0 Å². The van der Waals surface area contributed by atoms with Gasteiger partial charge in [0.25, 0.3) is 0 Å². The number of hydrogen-bond donors (Lipinski definition) is 2. The molecule has 2 N–H and O–H groups in total. The predicted octanol–water partition coefficient (Wildman–Crippen LogP) is 2.92. The number of hydrogen-bond acceptors (Lipinski definition) is 3. The van der Waals surface area contributed by atoms with Gasteiger partial charge >= 0.3 is 0 Å². The molecule has 0 atom stereocenters. The second-order valence-corrected chi connectivity index (χ2v) is 6.04. The van der Waals surface area contributed by atoms with Gasteiger partial charge in [-0.15, -0.1) is 0 Å². The maximum Gasteiger partial charge on any atom is 0.223 e. The van der Waals surface area contributed by atoms with Gasteiger partial charge in [-0.1, -0.05) is 36.9 Å². The van der Waals surface area contributed by atoms with Crippen molar-refractivity contribution in [2.75, 3.05) is 13.2 Å². The number of carbonyl (C=O) groups is 1. The fraction of sp³-hybridized carbons (Fsp3) is 0.562. The first-order valence-electron chi connectivity index (χ1n) is 7.44. The van der Waals surface area contributed by atoms with Crippen LogP contribution in [0.3, 0.4) is 0 Å². The van der Waals surface area contributed by atoms with Crippen molar-refractivity contribution < 1.29 is 14.6 Å². The molecule has 1 saturated carbocycles. The second-order valence-electron chi connectivity index (χ2n) is 5.60. The minimum absolute atomic E-state index is 0.00783. The van der Waals surface area contributed by atoms with Crippen LogP contribution in [-0.4, -0.2) is 29.8 Å². The summed E-state index contributed by atoms with van der Waals surface area (Å²) in [7, 11) is 0. The van der Waals surface area contributed by atoms with Gasteiger partial charge in [0, 0.05) is 5.02 Å². The molecule has 1 aromatic carbocycles. The Morgan fingerprint density at radius 3 is 2.76 bits per heavy atom. The molecule has 1 aliphatic carbocycles. The van der Waals surface area contributed by atoms with Gasteiger partial charge in [0.05, 0.1) is 25.2 Å². The summed E-state index contributed by atoms with van der Waals surface area (Å²) in [6.07, 6.45) is 5.26. The molecule has 0 aliphatic heterocycles. The molecule has 0 bridgehead atoms. The molecule has 0 saturated heterocycles. The van der Waals surface area contributed by atoms with E-state index < -0.39 is 5.54 Å². The molecule has 1 aliphatic rings. The van der Waals surface area contributed by atoms with Crippen LogP contribution in [0.5, 0.6) is 5.75 Å². The van der Waals surface area contributed by atoms with Crippen molar-refractivity contribution in [2.24, 2.45) is 0 Å². The third-order valence-electron chi connectivity index (χ3n) is 3.91. The summed E-state index contributed by atoms with van der Waals surface area (Å²) in [5.74, 6) is 0.581. The van der Waals surface area contributed by atoms with Gasteiger partial charge in [-0.3, -0.25) is 4.79 Å². The summed E-state index contributed by atoms with van der Waals surface area (Å²) in [6, 6.07) is 7.10. The summed E-state index contributed by atoms with van der Waals surface area (Å²) in [5.41, 5.74) is -0.425. The van der Waals surface area contributed by atoms with E-state index in [1.807, 2.05) is 0 Å². The van der Waals surface area contributed by atoms with Crippen molar-refractivity contribution in [3.05, 3.63) is 29.3 Å². The van der Waals surface area contributed by atoms with Gasteiger partial charge in [-0.25, -0.2) is 0 Å². The Hall–Kier alpha value is -1.26. The van der Waals surface area contributed by atoms with Crippen LogP contribution >= 0.6 is 11.6 Å². The number of ether oxygens (including phenoxy) is 1. The third kappa shape index (κ3) is 4.90. The van der Waals surface area contributed by atoms with E-state index in [0.717, 1.165) is 25.7 Å². The van der Waals surface area contributed by atoms with Gasteiger partial charge < -0.3 is 15.2 Å². The number of amides is 1. The summed E-state index contributed by atoms with van der Waals surface area (Å²) in [5, 5.41) is 13.2. The highest BCUT2D eigenvalue weighted by atomic mass is 35.5. The molecule has 0 unspecified atom stereocenters. The Labute approximate surface area is 130 Å². The van der Waals surface area contributed by atoms with Crippen LogP contribution in [0.2, 0.25) is 5.02 Å². The molecule has 1 aromatic rings. The van der Waals surface area contributed by atoms with Crippen LogP contribution in [0, 0.1) is 0 Å². The zero-order valence-electron chi connectivity index (χ0n) is 12.1. The van der Waals surface area contributed by atoms with Gasteiger partial charge in [0.1, 0.15) is 5.75 Å². The Balaban J connectivity index is 1.76. The zero-order valence-corrected chi connectivity index (χ0v) is 12.9. The fourth-order valence-corrected chi connectivity index (χ4v) is 2.91. The first-order chi connectivity index (χ1) is 10.1. The molecular formula is C16H22ClNO3. The molecule has 1 fully saturated rings. The minimum Gasteiger partial charge on any atom is -0.493 e. The highest BCUT2D eigenvalue weighted by molar-refractivity contribution is 6.30. The van der Waals surface area contributed by atoms with Crippen molar-refractivity contribution in [3.8, 4) is 5.75 Å². The molecule has 116 valence electrons. The lowest BCUT2D eigenvalue weighted by Gasteiger charge is -2.36. The largest absolute Gasteiger partial charge is 0.493 e. The van der Waals surface area contributed by atoms with Crippen LogP contribution in [-0.2, 0) is 4.79 Å². The Morgan fingerprint density at radius 2 is 2.10 bits per heavy atom. The standard InChI is InChI=1S/C16H22ClNO3/c17-13-5-4-6-14(11-13)21-10-7-15(20)18-16(12-19)8-2-1-3-9-16/h4-6,11,19H,1-3,7-10,12H2,(H,18,20). The predicted molar refractivity (Wildman–Crippen MR) is 82.6 cm³/mol. The SMILES string of the molecule is O=C(CCOc1cccc(Cl)c1)NC1(CO)CCCCC1. The molecule has 21 heavy (non-hydrogen) atoms. The molecular weight excluding hydrogens is 290 g/mol. The van der Waals surface area contributed by atoms with Crippen molar-refractivity contribution in [3.63, 3.8) is 0 Å². The minimum atomic E-state index is -0.425. The number of carbonyl (C=O) groups excluding carboxylic acids is 1. The van der Waals surface area contributed by atoms with Crippen LogP contribution in [0.25, 0.3) is 0 Å². The van der Waals surface area contributed by atoms with Crippen LogP contribution in [0.4, 0.5) is 0 Å². The summed E-state index contributed by atoms with van der Waals surface area (Å²) >= 11 is 5.87. The molecule has 1 amide bonds. The van der Waals surface area contributed by atoms with E-state index in [1.54, 1.807) is 24.3 Å². The first-order valence-corrected chi connectivity index (χ1v) is 7.82. The summed E-state index contributed by atoms with van der Waals surface area (Å²) in [4.78, 5) is 12.0.